The number of ether oxygens (including phenoxy) is 2. The Kier molecular flexibility index (Phi) is 3.36. The number of methoxy groups -OCH3 is 1. The first-order chi connectivity index (χ1) is 7.72. The Morgan fingerprint density at radius 2 is 2.00 bits per heavy atom. The highest BCUT2D eigenvalue weighted by Gasteiger charge is 2.35. The summed E-state index contributed by atoms with van der Waals surface area (Å²) in [5.74, 6) is 0.0979. The summed E-state index contributed by atoms with van der Waals surface area (Å²) in [6.45, 7) is 1.91. The zero-order valence-corrected chi connectivity index (χ0v) is 9.55. The van der Waals surface area contributed by atoms with E-state index in [4.69, 9.17) is 9.47 Å². The molecule has 2 rings (SSSR count). The maximum Gasteiger partial charge on any atom is 0.164 e. The first-order valence-electron chi connectivity index (χ1n) is 5.48. The predicted molar refractivity (Wildman–Crippen MR) is 59.9 cm³/mol. The van der Waals surface area contributed by atoms with Crippen LogP contribution < -0.4 is 0 Å². The van der Waals surface area contributed by atoms with E-state index in [0.717, 1.165) is 5.56 Å². The molecule has 1 heterocycles. The zero-order chi connectivity index (χ0) is 11.5. The Bertz CT molecular complexity index is 361. The summed E-state index contributed by atoms with van der Waals surface area (Å²) in [4.78, 5) is 11.8. The molecule has 3 atom stereocenters. The third-order valence-electron chi connectivity index (χ3n) is 3.02. The van der Waals surface area contributed by atoms with Crippen LogP contribution in [0, 0.1) is 5.92 Å². The van der Waals surface area contributed by atoms with E-state index in [1.165, 1.54) is 0 Å². The monoisotopic (exact) mass is 220 g/mol. The summed E-state index contributed by atoms with van der Waals surface area (Å²) in [5.41, 5.74) is 1.03. The molecule has 0 saturated carbocycles. The number of carbonyl (C=O) groups excluding carboxylic acids is 1. The molecule has 3 heteroatoms. The minimum absolute atomic E-state index is 0.103. The average molecular weight is 220 g/mol. The molecule has 3 nitrogen and oxygen atoms in total. The lowest BCUT2D eigenvalue weighted by molar-refractivity contribution is -0.198. The number of hydrogen-bond acceptors (Lipinski definition) is 3. The molecule has 0 aromatic heterocycles. The maximum absolute atomic E-state index is 11.8. The third-order valence-corrected chi connectivity index (χ3v) is 3.02. The van der Waals surface area contributed by atoms with Crippen LogP contribution in [-0.2, 0) is 14.3 Å². The molecule has 0 amide bonds. The summed E-state index contributed by atoms with van der Waals surface area (Å²) in [6, 6.07) is 9.81. The van der Waals surface area contributed by atoms with Crippen LogP contribution in [-0.4, -0.2) is 19.2 Å². The van der Waals surface area contributed by atoms with E-state index in [1.54, 1.807) is 7.11 Å². The number of hydrogen-bond donors (Lipinski definition) is 0. The topological polar surface area (TPSA) is 35.5 Å². The molecule has 0 spiro atoms. The van der Waals surface area contributed by atoms with Crippen molar-refractivity contribution in [2.24, 2.45) is 5.92 Å². The first kappa shape index (κ1) is 11.3. The van der Waals surface area contributed by atoms with Gasteiger partial charge in [-0.25, -0.2) is 0 Å². The summed E-state index contributed by atoms with van der Waals surface area (Å²) in [7, 11) is 1.57. The Balaban J connectivity index is 2.22. The molecule has 0 N–H and O–H groups in total. The third kappa shape index (κ3) is 2.15. The fourth-order valence-electron chi connectivity index (χ4n) is 2.00. The van der Waals surface area contributed by atoms with Crippen molar-refractivity contribution in [1.82, 2.24) is 0 Å². The second kappa shape index (κ2) is 4.76. The second-order valence-electron chi connectivity index (χ2n) is 4.09. The van der Waals surface area contributed by atoms with Gasteiger partial charge in [-0.05, 0) is 5.56 Å². The SMILES string of the molecule is CO[C@@H]1CC(=O)[C@H](C)[C@H](c2ccccc2)O1. The fraction of sp³-hybridized carbons (Fsp3) is 0.462. The van der Waals surface area contributed by atoms with Crippen LogP contribution in [0.1, 0.15) is 25.0 Å². The Labute approximate surface area is 95.4 Å². The largest absolute Gasteiger partial charge is 0.355 e. The molecule has 0 aliphatic carbocycles. The van der Waals surface area contributed by atoms with Gasteiger partial charge in [0, 0.05) is 13.0 Å². The van der Waals surface area contributed by atoms with Crippen molar-refractivity contribution in [3.8, 4) is 0 Å². The minimum atomic E-state index is -0.408. The fourth-order valence-corrected chi connectivity index (χ4v) is 2.00. The van der Waals surface area contributed by atoms with Gasteiger partial charge in [0.2, 0.25) is 0 Å². The van der Waals surface area contributed by atoms with Crippen molar-refractivity contribution in [3.05, 3.63) is 35.9 Å². The van der Waals surface area contributed by atoms with Crippen molar-refractivity contribution in [2.75, 3.05) is 7.11 Å². The highest BCUT2D eigenvalue weighted by molar-refractivity contribution is 5.82. The molecule has 1 fully saturated rings. The summed E-state index contributed by atoms with van der Waals surface area (Å²) >= 11 is 0. The summed E-state index contributed by atoms with van der Waals surface area (Å²) in [5, 5.41) is 0. The van der Waals surface area contributed by atoms with Gasteiger partial charge in [0.1, 0.15) is 5.78 Å². The predicted octanol–water partition coefficient (Wildman–Crippen LogP) is 2.33. The number of rotatable bonds is 2. The molecular formula is C13H16O3. The van der Waals surface area contributed by atoms with E-state index in [2.05, 4.69) is 0 Å². The molecule has 16 heavy (non-hydrogen) atoms. The molecule has 0 unspecified atom stereocenters. The van der Waals surface area contributed by atoms with E-state index in [-0.39, 0.29) is 17.8 Å². The summed E-state index contributed by atoms with van der Waals surface area (Å²) in [6.07, 6.45) is -0.248. The molecule has 86 valence electrons. The van der Waals surface area contributed by atoms with Crippen LogP contribution >= 0.6 is 0 Å². The van der Waals surface area contributed by atoms with Gasteiger partial charge in [-0.1, -0.05) is 37.3 Å². The van der Waals surface area contributed by atoms with Crippen LogP contribution in [0.15, 0.2) is 30.3 Å². The van der Waals surface area contributed by atoms with Crippen molar-refractivity contribution in [1.29, 1.82) is 0 Å². The zero-order valence-electron chi connectivity index (χ0n) is 9.55. The van der Waals surface area contributed by atoms with Crippen molar-refractivity contribution < 1.29 is 14.3 Å². The lowest BCUT2D eigenvalue weighted by atomic mass is 9.89. The van der Waals surface area contributed by atoms with E-state index in [0.29, 0.717) is 6.42 Å². The van der Waals surface area contributed by atoms with Gasteiger partial charge in [0.25, 0.3) is 0 Å². The minimum Gasteiger partial charge on any atom is -0.355 e. The van der Waals surface area contributed by atoms with E-state index in [9.17, 15) is 4.79 Å². The maximum atomic E-state index is 11.8. The number of ketones is 1. The molecular weight excluding hydrogens is 204 g/mol. The van der Waals surface area contributed by atoms with Crippen LogP contribution in [0.25, 0.3) is 0 Å². The van der Waals surface area contributed by atoms with Gasteiger partial charge in [-0.3, -0.25) is 4.79 Å². The highest BCUT2D eigenvalue weighted by Crippen LogP contribution is 2.33. The van der Waals surface area contributed by atoms with Crippen LogP contribution in [0.3, 0.4) is 0 Å². The molecule has 1 saturated heterocycles. The highest BCUT2D eigenvalue weighted by atomic mass is 16.7. The van der Waals surface area contributed by atoms with E-state index in [1.807, 2.05) is 37.3 Å². The molecule has 1 aromatic carbocycles. The smallest absolute Gasteiger partial charge is 0.164 e. The number of carbonyl (C=O) groups is 1. The van der Waals surface area contributed by atoms with Crippen LogP contribution in [0.2, 0.25) is 0 Å². The molecule has 1 aromatic rings. The van der Waals surface area contributed by atoms with Crippen LogP contribution in [0.5, 0.6) is 0 Å². The number of benzene rings is 1. The Morgan fingerprint density at radius 1 is 1.31 bits per heavy atom. The van der Waals surface area contributed by atoms with Gasteiger partial charge < -0.3 is 9.47 Å². The van der Waals surface area contributed by atoms with E-state index >= 15 is 0 Å². The first-order valence-corrected chi connectivity index (χ1v) is 5.48. The van der Waals surface area contributed by atoms with Crippen molar-refractivity contribution >= 4 is 5.78 Å². The van der Waals surface area contributed by atoms with Gasteiger partial charge in [0.05, 0.1) is 12.5 Å². The molecule has 1 aliphatic rings. The average Bonchev–Trinajstić information content (AvgIpc) is 2.33. The Morgan fingerprint density at radius 3 is 2.62 bits per heavy atom. The standard InChI is InChI=1S/C13H16O3/c1-9-11(14)8-12(15-2)16-13(9)10-6-4-3-5-7-10/h3-7,9,12-13H,8H2,1-2H3/t9-,12-,13+/m0/s1. The van der Waals surface area contributed by atoms with Gasteiger partial charge >= 0.3 is 0 Å². The molecule has 1 aliphatic heterocycles. The Hall–Kier alpha value is -1.19. The van der Waals surface area contributed by atoms with Gasteiger partial charge in [-0.2, -0.15) is 0 Å². The lowest BCUT2D eigenvalue weighted by Crippen LogP contribution is -2.36. The van der Waals surface area contributed by atoms with Gasteiger partial charge in [-0.15, -0.1) is 0 Å². The van der Waals surface area contributed by atoms with Crippen molar-refractivity contribution in [3.63, 3.8) is 0 Å². The second-order valence-corrected chi connectivity index (χ2v) is 4.09. The number of Topliss-reactive ketones (excluding diaryl/α,β-unsaturated/α-hetero) is 1. The lowest BCUT2D eigenvalue weighted by Gasteiger charge is -2.33. The summed E-state index contributed by atoms with van der Waals surface area (Å²) < 4.78 is 10.9. The van der Waals surface area contributed by atoms with E-state index < -0.39 is 6.29 Å². The van der Waals surface area contributed by atoms with Gasteiger partial charge in [0.15, 0.2) is 6.29 Å². The molecule has 0 radical (unpaired) electrons. The normalized spacial score (nSPS) is 30.4. The van der Waals surface area contributed by atoms with Crippen LogP contribution in [0.4, 0.5) is 0 Å². The quantitative estimate of drug-likeness (QED) is 0.767. The van der Waals surface area contributed by atoms with Crippen molar-refractivity contribution in [2.45, 2.75) is 25.7 Å². The molecule has 0 bridgehead atoms.